The first-order valence-corrected chi connectivity index (χ1v) is 17.0. The van der Waals surface area contributed by atoms with Crippen molar-refractivity contribution in [3.63, 3.8) is 0 Å². The molecule has 54 heavy (non-hydrogen) atoms. The molecule has 1 aliphatic heterocycles. The molecule has 0 saturated carbocycles. The lowest BCUT2D eigenvalue weighted by Crippen LogP contribution is -2.57. The first kappa shape index (κ1) is 39.2. The van der Waals surface area contributed by atoms with Crippen molar-refractivity contribution in [3.8, 4) is 5.75 Å². The van der Waals surface area contributed by atoms with Crippen molar-refractivity contribution in [2.24, 2.45) is 0 Å². The van der Waals surface area contributed by atoms with E-state index in [4.69, 9.17) is 9.47 Å². The summed E-state index contributed by atoms with van der Waals surface area (Å²) in [6, 6.07) is 16.5. The van der Waals surface area contributed by atoms with Gasteiger partial charge in [0.15, 0.2) is 12.4 Å². The van der Waals surface area contributed by atoms with E-state index in [2.05, 4.69) is 10.3 Å². The molecule has 4 amide bonds. The second-order valence-electron chi connectivity index (χ2n) is 13.8. The van der Waals surface area contributed by atoms with Crippen molar-refractivity contribution in [1.82, 2.24) is 15.2 Å². The summed E-state index contributed by atoms with van der Waals surface area (Å²) in [6.45, 7) is 5.52. The average Bonchev–Trinajstić information content (AvgIpc) is 3.23. The van der Waals surface area contributed by atoms with Crippen LogP contribution >= 0.6 is 0 Å². The Kier molecular flexibility index (Phi) is 11.3. The van der Waals surface area contributed by atoms with Gasteiger partial charge in [0.25, 0.3) is 11.8 Å². The van der Waals surface area contributed by atoms with E-state index in [1.54, 1.807) is 69.3 Å². The number of benzene rings is 3. The van der Waals surface area contributed by atoms with Crippen molar-refractivity contribution in [3.05, 3.63) is 95.7 Å². The van der Waals surface area contributed by atoms with Crippen molar-refractivity contribution in [2.45, 2.75) is 65.0 Å². The Morgan fingerprint density at radius 2 is 1.56 bits per heavy atom. The summed E-state index contributed by atoms with van der Waals surface area (Å²) in [7, 11) is 1.37. The molecule has 0 bridgehead atoms. The zero-order valence-corrected chi connectivity index (χ0v) is 30.6. The molecule has 1 N–H and O–H groups in total. The summed E-state index contributed by atoms with van der Waals surface area (Å²) < 4.78 is 50.7. The maximum absolute atomic E-state index is 14.7. The normalized spacial score (nSPS) is 15.2. The highest BCUT2D eigenvalue weighted by molar-refractivity contribution is 6.13. The molecule has 15 heteroatoms. The predicted molar refractivity (Wildman–Crippen MR) is 194 cm³/mol. The van der Waals surface area contributed by atoms with E-state index in [-0.39, 0.29) is 47.1 Å². The Labute approximate surface area is 309 Å². The lowest BCUT2D eigenvalue weighted by molar-refractivity contribution is -0.153. The van der Waals surface area contributed by atoms with Crippen LogP contribution in [0.1, 0.15) is 60.9 Å². The van der Waals surface area contributed by atoms with Gasteiger partial charge in [-0.15, -0.1) is 0 Å². The fourth-order valence-electron chi connectivity index (χ4n) is 5.80. The van der Waals surface area contributed by atoms with Crippen LogP contribution in [0.5, 0.6) is 5.75 Å². The first-order valence-electron chi connectivity index (χ1n) is 17.0. The van der Waals surface area contributed by atoms with Gasteiger partial charge in [0.1, 0.15) is 23.4 Å². The van der Waals surface area contributed by atoms with Gasteiger partial charge in [0.05, 0.1) is 36.2 Å². The molecule has 4 aromatic rings. The third kappa shape index (κ3) is 8.96. The van der Waals surface area contributed by atoms with Crippen LogP contribution in [-0.2, 0) is 20.9 Å². The van der Waals surface area contributed by atoms with Crippen LogP contribution in [0.3, 0.4) is 0 Å². The number of hydrogen-bond acceptors (Lipinski definition) is 8. The number of Topliss-reactive ketones (excluding diaryl/α,β-unsaturated/α-hetero) is 1. The number of pyridine rings is 1. The predicted octanol–water partition coefficient (Wildman–Crippen LogP) is 6.31. The van der Waals surface area contributed by atoms with E-state index in [0.717, 1.165) is 11.1 Å². The van der Waals surface area contributed by atoms with Gasteiger partial charge in [-0.25, -0.2) is 4.79 Å². The van der Waals surface area contributed by atoms with E-state index < -0.39 is 54.3 Å². The maximum atomic E-state index is 14.7. The SMILES string of the molecule is CC(=O)c1ccc(C(=O)N2C[C@H](NC(=O)C(C)N(C)C(=O)OC(C)(C)C)C(=O)N(Cc3c(OCC(F)(F)F)cnc4ccccc34)c3ccccc32)cc1. The van der Waals surface area contributed by atoms with Gasteiger partial charge in [-0.2, -0.15) is 13.2 Å². The molecule has 0 radical (unpaired) electrons. The number of nitrogens with one attached hydrogen (secondary N) is 1. The molecule has 2 heterocycles. The van der Waals surface area contributed by atoms with Crippen molar-refractivity contribution < 1.29 is 46.6 Å². The number of rotatable bonds is 9. The molecular weight excluding hydrogens is 707 g/mol. The molecule has 0 spiro atoms. The number of amides is 4. The summed E-state index contributed by atoms with van der Waals surface area (Å²) >= 11 is 0. The highest BCUT2D eigenvalue weighted by Gasteiger charge is 2.39. The minimum absolute atomic E-state index is 0.182. The number of carbonyl (C=O) groups is 5. The van der Waals surface area contributed by atoms with Crippen molar-refractivity contribution >= 4 is 51.9 Å². The Hall–Kier alpha value is -5.99. The van der Waals surface area contributed by atoms with Gasteiger partial charge in [-0.3, -0.25) is 29.1 Å². The quantitative estimate of drug-likeness (QED) is 0.197. The van der Waals surface area contributed by atoms with Crippen molar-refractivity contribution in [1.29, 1.82) is 0 Å². The monoisotopic (exact) mass is 747 g/mol. The molecule has 1 aliphatic rings. The summed E-state index contributed by atoms with van der Waals surface area (Å²) in [4.78, 5) is 75.5. The highest BCUT2D eigenvalue weighted by Crippen LogP contribution is 2.37. The van der Waals surface area contributed by atoms with Gasteiger partial charge in [-0.1, -0.05) is 42.5 Å². The summed E-state index contributed by atoms with van der Waals surface area (Å²) in [5.74, 6) is -2.42. The number of ether oxygens (including phenoxy) is 2. The molecule has 2 atom stereocenters. The molecule has 284 valence electrons. The Bertz CT molecular complexity index is 2080. The van der Waals surface area contributed by atoms with E-state index in [1.165, 1.54) is 55.0 Å². The highest BCUT2D eigenvalue weighted by atomic mass is 19.4. The van der Waals surface area contributed by atoms with E-state index in [9.17, 15) is 37.1 Å². The minimum Gasteiger partial charge on any atom is -0.482 e. The van der Waals surface area contributed by atoms with Gasteiger partial charge in [0, 0.05) is 29.1 Å². The molecular formula is C39H40F3N5O7. The summed E-state index contributed by atoms with van der Waals surface area (Å²) in [6.07, 6.45) is -4.30. The molecule has 0 saturated heterocycles. The Balaban J connectivity index is 1.60. The molecule has 5 rings (SSSR count). The van der Waals surface area contributed by atoms with Gasteiger partial charge >= 0.3 is 12.3 Å². The number of aromatic nitrogens is 1. The third-order valence-corrected chi connectivity index (χ3v) is 8.69. The second kappa shape index (κ2) is 15.5. The Morgan fingerprint density at radius 1 is 0.944 bits per heavy atom. The number of alkyl halides is 3. The van der Waals surface area contributed by atoms with E-state index >= 15 is 0 Å². The number of carbonyl (C=O) groups excluding carboxylic acids is 5. The Morgan fingerprint density at radius 3 is 2.19 bits per heavy atom. The van der Waals surface area contributed by atoms with Gasteiger partial charge < -0.3 is 24.6 Å². The number of hydrogen-bond donors (Lipinski definition) is 1. The lowest BCUT2D eigenvalue weighted by Gasteiger charge is -2.30. The molecule has 1 aromatic heterocycles. The summed E-state index contributed by atoms with van der Waals surface area (Å²) in [5, 5.41) is 3.12. The number of fused-ring (bicyclic) bond motifs is 2. The standard InChI is InChI=1S/C39H40F3N5O7/c1-23(45(6)37(52)54-38(3,4)5)34(49)44-30-21-47(35(50)26-17-15-25(16-18-26)24(2)48)32-14-10-9-13-31(32)46(36(30)51)20-28-27-11-7-8-12-29(27)43-19-33(28)53-22-39(40,41)42/h7-19,23,30H,20-22H2,1-6H3,(H,44,49)/t23?,30-/m0/s1. The number of para-hydroxylation sites is 3. The van der Waals surface area contributed by atoms with E-state index in [1.807, 2.05) is 0 Å². The second-order valence-corrected chi connectivity index (χ2v) is 13.8. The molecule has 0 fully saturated rings. The fourth-order valence-corrected chi connectivity index (χ4v) is 5.80. The van der Waals surface area contributed by atoms with Gasteiger partial charge in [0.2, 0.25) is 5.91 Å². The smallest absolute Gasteiger partial charge is 0.422 e. The topological polar surface area (TPSA) is 138 Å². The number of halogens is 3. The average molecular weight is 748 g/mol. The molecule has 1 unspecified atom stereocenters. The molecule has 12 nitrogen and oxygen atoms in total. The zero-order chi connectivity index (χ0) is 39.5. The van der Waals surface area contributed by atoms with Crippen LogP contribution in [-0.4, -0.2) is 83.5 Å². The summed E-state index contributed by atoms with van der Waals surface area (Å²) in [5.41, 5.74) is 0.821. The van der Waals surface area contributed by atoms with Gasteiger partial charge in [-0.05, 0) is 65.0 Å². The largest absolute Gasteiger partial charge is 0.482 e. The number of likely N-dealkylation sites (N-methyl/N-ethyl adjacent to an activating group) is 1. The molecule has 0 aliphatic carbocycles. The first-order chi connectivity index (χ1) is 25.3. The maximum Gasteiger partial charge on any atom is 0.422 e. The number of ketones is 1. The van der Waals surface area contributed by atoms with E-state index in [0.29, 0.717) is 16.5 Å². The zero-order valence-electron chi connectivity index (χ0n) is 30.6. The third-order valence-electron chi connectivity index (χ3n) is 8.69. The lowest BCUT2D eigenvalue weighted by atomic mass is 10.1. The van der Waals surface area contributed by atoms with Crippen LogP contribution in [0.25, 0.3) is 10.9 Å². The number of nitrogens with zero attached hydrogens (tertiary/aromatic N) is 4. The van der Waals surface area contributed by atoms with Crippen LogP contribution in [0, 0.1) is 0 Å². The van der Waals surface area contributed by atoms with Crippen LogP contribution in [0.2, 0.25) is 0 Å². The van der Waals surface area contributed by atoms with Crippen molar-refractivity contribution in [2.75, 3.05) is 30.0 Å². The van der Waals surface area contributed by atoms with Crippen LogP contribution < -0.4 is 19.9 Å². The van der Waals surface area contributed by atoms with Crippen LogP contribution in [0.15, 0.2) is 79.0 Å². The molecule has 3 aromatic carbocycles. The minimum atomic E-state index is -4.67. The van der Waals surface area contributed by atoms with Crippen LogP contribution in [0.4, 0.5) is 29.3 Å². The number of anilines is 2. The fraction of sp³-hybridized carbons (Fsp3) is 0.333.